The molecule has 42 heavy (non-hydrogen) atoms. The van der Waals surface area contributed by atoms with Gasteiger partial charge in [-0.1, -0.05) is 38.1 Å². The van der Waals surface area contributed by atoms with Crippen molar-refractivity contribution in [3.63, 3.8) is 0 Å². The molecule has 1 aromatic heterocycles. The Kier molecular flexibility index (Phi) is 8.86. The summed E-state index contributed by atoms with van der Waals surface area (Å²) in [7, 11) is 1.96. The number of hydrogen-bond donors (Lipinski definition) is 0. The summed E-state index contributed by atoms with van der Waals surface area (Å²) in [5, 5.41) is 0. The molecule has 218 valence electrons. The van der Waals surface area contributed by atoms with E-state index < -0.39 is 5.41 Å². The Morgan fingerprint density at radius 3 is 2.36 bits per heavy atom. The molecule has 1 unspecified atom stereocenters. The van der Waals surface area contributed by atoms with Crippen molar-refractivity contribution in [1.82, 2.24) is 9.55 Å². The quantitative estimate of drug-likeness (QED) is 0.164. The zero-order valence-corrected chi connectivity index (χ0v) is 24.3. The number of aromatic nitrogens is 2. The van der Waals surface area contributed by atoms with Gasteiger partial charge in [0.25, 0.3) is 0 Å². The summed E-state index contributed by atoms with van der Waals surface area (Å²) in [6.45, 7) is 4.38. The molecule has 0 spiro atoms. The van der Waals surface area contributed by atoms with E-state index in [1.165, 1.54) is 24.3 Å². The maximum atomic E-state index is 13.4. The van der Waals surface area contributed by atoms with Gasteiger partial charge in [0.15, 0.2) is 0 Å². The molecule has 0 saturated carbocycles. The van der Waals surface area contributed by atoms with Gasteiger partial charge >= 0.3 is 0 Å². The Hall–Kier alpha value is -4.26. The monoisotopic (exact) mass is 570 g/mol. The van der Waals surface area contributed by atoms with Crippen molar-refractivity contribution in [2.45, 2.75) is 52.1 Å². The van der Waals surface area contributed by atoms with Gasteiger partial charge in [-0.3, -0.25) is 4.79 Å². The highest BCUT2D eigenvalue weighted by atomic mass is 19.1. The molecular formula is C35H36F2N2O3. The lowest BCUT2D eigenvalue weighted by molar-refractivity contribution is -0.126. The van der Waals surface area contributed by atoms with Gasteiger partial charge in [-0.25, -0.2) is 13.8 Å². The van der Waals surface area contributed by atoms with E-state index in [0.29, 0.717) is 13.0 Å². The zero-order chi connectivity index (χ0) is 29.7. The van der Waals surface area contributed by atoms with Crippen molar-refractivity contribution in [2.24, 2.45) is 12.5 Å². The van der Waals surface area contributed by atoms with E-state index in [2.05, 4.69) is 11.1 Å². The summed E-state index contributed by atoms with van der Waals surface area (Å²) in [6, 6.07) is 18.5. The number of ether oxygens (including phenoxy) is 2. The maximum Gasteiger partial charge on any atom is 0.142 e. The third-order valence-corrected chi connectivity index (χ3v) is 7.84. The van der Waals surface area contributed by atoms with E-state index in [1.807, 2.05) is 62.0 Å². The minimum absolute atomic E-state index is 0.126. The SMILES string of the molecule is Cn1ccnc1C1=Cc2cc(OCCCC(C)(C)C(=O)Cc3ccc(F)cc3)ccc2OC1CCc1ccc(F)cc1. The van der Waals surface area contributed by atoms with E-state index in [-0.39, 0.29) is 29.9 Å². The molecule has 5 nitrogen and oxygen atoms in total. The van der Waals surface area contributed by atoms with E-state index >= 15 is 0 Å². The Labute approximate surface area is 245 Å². The molecule has 3 aromatic carbocycles. The maximum absolute atomic E-state index is 13.4. The van der Waals surface area contributed by atoms with Crippen LogP contribution in [0.5, 0.6) is 11.5 Å². The van der Waals surface area contributed by atoms with Gasteiger partial charge in [-0.05, 0) is 85.4 Å². The van der Waals surface area contributed by atoms with E-state index in [4.69, 9.17) is 9.47 Å². The van der Waals surface area contributed by atoms with Crippen molar-refractivity contribution >= 4 is 17.4 Å². The second-order valence-corrected chi connectivity index (χ2v) is 11.5. The lowest BCUT2D eigenvalue weighted by atomic mass is 9.81. The first-order valence-corrected chi connectivity index (χ1v) is 14.3. The summed E-state index contributed by atoms with van der Waals surface area (Å²) >= 11 is 0. The molecule has 5 rings (SSSR count). The number of nitrogens with zero attached hydrogens (tertiary/aromatic N) is 2. The molecule has 0 radical (unpaired) electrons. The Balaban J connectivity index is 1.21. The number of benzene rings is 3. The molecule has 1 atom stereocenters. The fourth-order valence-corrected chi connectivity index (χ4v) is 5.20. The summed E-state index contributed by atoms with van der Waals surface area (Å²) in [5.74, 6) is 1.92. The number of fused-ring (bicyclic) bond motifs is 1. The van der Waals surface area contributed by atoms with Crippen LogP contribution in [0.2, 0.25) is 0 Å². The summed E-state index contributed by atoms with van der Waals surface area (Å²) in [6.07, 6.45) is 8.74. The number of ketones is 1. The Morgan fingerprint density at radius 2 is 1.69 bits per heavy atom. The number of halogens is 2. The predicted octanol–water partition coefficient (Wildman–Crippen LogP) is 7.63. The van der Waals surface area contributed by atoms with Crippen molar-refractivity contribution in [3.05, 3.63) is 113 Å². The van der Waals surface area contributed by atoms with Gasteiger partial charge in [0, 0.05) is 42.4 Å². The van der Waals surface area contributed by atoms with Crippen LogP contribution in [-0.4, -0.2) is 28.0 Å². The molecule has 0 fully saturated rings. The largest absolute Gasteiger partial charge is 0.494 e. The fraction of sp³-hybridized carbons (Fsp3) is 0.314. The van der Waals surface area contributed by atoms with Gasteiger partial charge < -0.3 is 14.0 Å². The smallest absolute Gasteiger partial charge is 0.142 e. The normalized spacial score (nSPS) is 14.6. The molecule has 0 aliphatic carbocycles. The summed E-state index contributed by atoms with van der Waals surface area (Å²) < 4.78 is 41.1. The second kappa shape index (κ2) is 12.7. The molecule has 1 aliphatic heterocycles. The minimum atomic E-state index is -0.510. The molecule has 0 bridgehead atoms. The third-order valence-electron chi connectivity index (χ3n) is 7.84. The molecule has 0 saturated heterocycles. The number of Topliss-reactive ketones (excluding diaryl/α,β-unsaturated/α-hetero) is 1. The Morgan fingerprint density at radius 1 is 1.00 bits per heavy atom. The highest BCUT2D eigenvalue weighted by Crippen LogP contribution is 2.37. The third kappa shape index (κ3) is 7.14. The standard InChI is InChI=1S/C35H36F2N2O3/c1-35(2,33(40)21-25-7-12-28(37)13-8-25)17-4-20-41-29-14-16-31-26(22-29)23-30(34-38-18-19-39(34)3)32(42-31)15-9-24-5-10-27(36)11-6-24/h5-8,10-14,16,18-19,22-23,32H,4,9,15,17,20-21H2,1-3H3. The summed E-state index contributed by atoms with van der Waals surface area (Å²) in [5.41, 5.74) is 3.25. The van der Waals surface area contributed by atoms with Crippen LogP contribution in [0, 0.1) is 17.0 Å². The first-order chi connectivity index (χ1) is 20.2. The molecule has 0 amide bonds. The molecule has 1 aliphatic rings. The van der Waals surface area contributed by atoms with Gasteiger partial charge in [0.05, 0.1) is 6.61 Å². The average Bonchev–Trinajstić information content (AvgIpc) is 3.41. The minimum Gasteiger partial charge on any atom is -0.494 e. The van der Waals surface area contributed by atoms with Crippen molar-refractivity contribution in [2.75, 3.05) is 6.61 Å². The highest BCUT2D eigenvalue weighted by Gasteiger charge is 2.28. The number of rotatable bonds is 12. The van der Waals surface area contributed by atoms with Crippen LogP contribution in [-0.2, 0) is 24.7 Å². The molecular weight excluding hydrogens is 534 g/mol. The van der Waals surface area contributed by atoms with E-state index in [1.54, 1.807) is 18.3 Å². The second-order valence-electron chi connectivity index (χ2n) is 11.5. The fourth-order valence-electron chi connectivity index (χ4n) is 5.20. The number of carbonyl (C=O) groups is 1. The number of hydrogen-bond acceptors (Lipinski definition) is 4. The number of imidazole rings is 1. The van der Waals surface area contributed by atoms with Gasteiger partial charge in [0.1, 0.15) is 40.8 Å². The van der Waals surface area contributed by atoms with Crippen LogP contribution in [0.4, 0.5) is 8.78 Å². The molecule has 2 heterocycles. The van der Waals surface area contributed by atoms with Crippen LogP contribution in [0.3, 0.4) is 0 Å². The molecule has 4 aromatic rings. The van der Waals surface area contributed by atoms with Crippen LogP contribution < -0.4 is 9.47 Å². The van der Waals surface area contributed by atoms with Crippen molar-refractivity contribution in [3.8, 4) is 11.5 Å². The number of aryl methyl sites for hydroxylation is 2. The van der Waals surface area contributed by atoms with Crippen molar-refractivity contribution < 1.29 is 23.0 Å². The predicted molar refractivity (Wildman–Crippen MR) is 160 cm³/mol. The first-order valence-electron chi connectivity index (χ1n) is 14.3. The first kappa shape index (κ1) is 29.2. The van der Waals surface area contributed by atoms with Gasteiger partial charge in [-0.15, -0.1) is 0 Å². The van der Waals surface area contributed by atoms with Gasteiger partial charge in [-0.2, -0.15) is 0 Å². The Bertz CT molecular complexity index is 1560. The molecule has 7 heteroatoms. The van der Waals surface area contributed by atoms with E-state index in [9.17, 15) is 13.6 Å². The van der Waals surface area contributed by atoms with Crippen LogP contribution >= 0.6 is 0 Å². The zero-order valence-electron chi connectivity index (χ0n) is 24.3. The molecule has 0 N–H and O–H groups in total. The topological polar surface area (TPSA) is 53.4 Å². The highest BCUT2D eigenvalue weighted by molar-refractivity contribution is 5.86. The van der Waals surface area contributed by atoms with Crippen molar-refractivity contribution in [1.29, 1.82) is 0 Å². The van der Waals surface area contributed by atoms with E-state index in [0.717, 1.165) is 58.8 Å². The lowest BCUT2D eigenvalue weighted by Crippen LogP contribution is -2.26. The average molecular weight is 571 g/mol. The van der Waals surface area contributed by atoms with Crippen LogP contribution in [0.25, 0.3) is 11.6 Å². The van der Waals surface area contributed by atoms with Gasteiger partial charge in [0.2, 0.25) is 0 Å². The number of carbonyl (C=O) groups excluding carboxylic acids is 1. The van der Waals surface area contributed by atoms with Crippen LogP contribution in [0.15, 0.2) is 79.1 Å². The summed E-state index contributed by atoms with van der Waals surface area (Å²) in [4.78, 5) is 17.5. The van der Waals surface area contributed by atoms with Crippen LogP contribution in [0.1, 0.15) is 55.6 Å². The lowest BCUT2D eigenvalue weighted by Gasteiger charge is -2.28.